The Balaban J connectivity index is 2.21. The minimum atomic E-state index is -1.05. The fourth-order valence-corrected chi connectivity index (χ4v) is 2.77. The van der Waals surface area contributed by atoms with Crippen LogP contribution in [0.4, 0.5) is 10.5 Å². The SMILES string of the molecule is Cn1nccc1-c1cc(N)ccc1OCC(CC(C)(C)C)NC(=O)O. The van der Waals surface area contributed by atoms with Crippen molar-refractivity contribution in [1.29, 1.82) is 0 Å². The quantitative estimate of drug-likeness (QED) is 0.697. The van der Waals surface area contributed by atoms with Crippen LogP contribution in [-0.4, -0.2) is 33.6 Å². The van der Waals surface area contributed by atoms with Crippen molar-refractivity contribution in [1.82, 2.24) is 15.1 Å². The fourth-order valence-electron chi connectivity index (χ4n) is 2.77. The summed E-state index contributed by atoms with van der Waals surface area (Å²) in [5, 5.41) is 15.8. The molecule has 0 aliphatic carbocycles. The first-order chi connectivity index (χ1) is 11.7. The summed E-state index contributed by atoms with van der Waals surface area (Å²) in [4.78, 5) is 11.1. The molecule has 0 aliphatic rings. The molecule has 0 aliphatic heterocycles. The molecular formula is C18H26N4O3. The number of aromatic nitrogens is 2. The summed E-state index contributed by atoms with van der Waals surface area (Å²) in [5.41, 5.74) is 8.21. The molecule has 0 fully saturated rings. The van der Waals surface area contributed by atoms with E-state index in [9.17, 15) is 4.79 Å². The molecular weight excluding hydrogens is 320 g/mol. The molecule has 136 valence electrons. The van der Waals surface area contributed by atoms with Crippen LogP contribution in [0.5, 0.6) is 5.75 Å². The van der Waals surface area contributed by atoms with Crippen LogP contribution in [0.3, 0.4) is 0 Å². The zero-order chi connectivity index (χ0) is 18.6. The summed E-state index contributed by atoms with van der Waals surface area (Å²) in [5.74, 6) is 0.642. The summed E-state index contributed by atoms with van der Waals surface area (Å²) in [6.07, 6.45) is 1.31. The van der Waals surface area contributed by atoms with Crippen LogP contribution in [0.15, 0.2) is 30.5 Å². The van der Waals surface area contributed by atoms with Gasteiger partial charge >= 0.3 is 6.09 Å². The summed E-state index contributed by atoms with van der Waals surface area (Å²) in [6, 6.07) is 6.96. The van der Waals surface area contributed by atoms with Gasteiger partial charge < -0.3 is 20.9 Å². The molecule has 0 spiro atoms. The first-order valence-electron chi connectivity index (χ1n) is 8.16. The van der Waals surface area contributed by atoms with Gasteiger partial charge in [-0.3, -0.25) is 4.68 Å². The van der Waals surface area contributed by atoms with E-state index in [0.717, 1.165) is 11.3 Å². The zero-order valence-electron chi connectivity index (χ0n) is 15.1. The summed E-state index contributed by atoms with van der Waals surface area (Å²) in [6.45, 7) is 6.42. The highest BCUT2D eigenvalue weighted by atomic mass is 16.5. The molecule has 7 nitrogen and oxygen atoms in total. The monoisotopic (exact) mass is 346 g/mol. The Labute approximate surface area is 147 Å². The minimum Gasteiger partial charge on any atom is -0.491 e. The maximum Gasteiger partial charge on any atom is 0.404 e. The van der Waals surface area contributed by atoms with Gasteiger partial charge in [-0.2, -0.15) is 5.10 Å². The van der Waals surface area contributed by atoms with Crippen LogP contribution < -0.4 is 15.8 Å². The Morgan fingerprint density at radius 1 is 1.40 bits per heavy atom. The molecule has 0 radical (unpaired) electrons. The van der Waals surface area contributed by atoms with Gasteiger partial charge in [-0.1, -0.05) is 20.8 Å². The van der Waals surface area contributed by atoms with Gasteiger partial charge in [-0.15, -0.1) is 0 Å². The molecule has 1 aromatic heterocycles. The van der Waals surface area contributed by atoms with Gasteiger partial charge in [0, 0.05) is 24.5 Å². The summed E-state index contributed by atoms with van der Waals surface area (Å²) >= 11 is 0. The zero-order valence-corrected chi connectivity index (χ0v) is 15.1. The topological polar surface area (TPSA) is 102 Å². The number of nitrogen functional groups attached to an aromatic ring is 1. The first-order valence-corrected chi connectivity index (χ1v) is 8.16. The summed E-state index contributed by atoms with van der Waals surface area (Å²) < 4.78 is 7.70. The number of nitrogens with zero attached hydrogens (tertiary/aromatic N) is 2. The van der Waals surface area contributed by atoms with Crippen LogP contribution in [0.25, 0.3) is 11.3 Å². The maximum absolute atomic E-state index is 11.1. The number of nitrogens with two attached hydrogens (primary N) is 1. The van der Waals surface area contributed by atoms with Gasteiger partial charge in [0.05, 0.1) is 11.7 Å². The van der Waals surface area contributed by atoms with Crippen molar-refractivity contribution in [3.05, 3.63) is 30.5 Å². The van der Waals surface area contributed by atoms with Gasteiger partial charge in [0.15, 0.2) is 0 Å². The second kappa shape index (κ2) is 7.46. The van der Waals surface area contributed by atoms with E-state index in [4.69, 9.17) is 15.6 Å². The number of hydrogen-bond acceptors (Lipinski definition) is 4. The molecule has 7 heteroatoms. The van der Waals surface area contributed by atoms with E-state index in [2.05, 4.69) is 31.2 Å². The molecule has 0 saturated carbocycles. The maximum atomic E-state index is 11.1. The number of benzene rings is 1. The summed E-state index contributed by atoms with van der Waals surface area (Å²) in [7, 11) is 1.84. The molecule has 0 bridgehead atoms. The first kappa shape index (κ1) is 18.6. The number of nitrogens with one attached hydrogen (secondary N) is 1. The van der Waals surface area contributed by atoms with Crippen LogP contribution in [0.2, 0.25) is 0 Å². The second-order valence-electron chi connectivity index (χ2n) is 7.32. The molecule has 1 amide bonds. The van der Waals surface area contributed by atoms with Gasteiger partial charge in [0.25, 0.3) is 0 Å². The Morgan fingerprint density at radius 2 is 2.12 bits per heavy atom. The Kier molecular flexibility index (Phi) is 5.56. The number of amides is 1. The normalized spacial score (nSPS) is 12.6. The highest BCUT2D eigenvalue weighted by Crippen LogP contribution is 2.32. The van der Waals surface area contributed by atoms with Gasteiger partial charge in [-0.05, 0) is 36.1 Å². The molecule has 1 unspecified atom stereocenters. The lowest BCUT2D eigenvalue weighted by Gasteiger charge is -2.26. The van der Waals surface area contributed by atoms with E-state index in [1.807, 2.05) is 19.2 Å². The molecule has 4 N–H and O–H groups in total. The standard InChI is InChI=1S/C18H26N4O3/c1-18(2,3)10-13(21-17(23)24)11-25-16-6-5-12(19)9-14(16)15-7-8-20-22(15)4/h5-9,13,21H,10-11,19H2,1-4H3,(H,23,24). The third kappa shape index (κ3) is 5.41. The molecule has 2 aromatic rings. The lowest BCUT2D eigenvalue weighted by atomic mass is 9.88. The van der Waals surface area contributed by atoms with Crippen LogP contribution in [-0.2, 0) is 7.05 Å². The van der Waals surface area contributed by atoms with Crippen LogP contribution >= 0.6 is 0 Å². The van der Waals surface area contributed by atoms with E-state index in [1.165, 1.54) is 0 Å². The molecule has 0 saturated heterocycles. The third-order valence-corrected chi connectivity index (χ3v) is 3.73. The van der Waals surface area contributed by atoms with E-state index >= 15 is 0 Å². The number of aryl methyl sites for hydroxylation is 1. The molecule has 2 rings (SSSR count). The van der Waals surface area contributed by atoms with E-state index < -0.39 is 6.09 Å². The Morgan fingerprint density at radius 3 is 2.68 bits per heavy atom. The predicted octanol–water partition coefficient (Wildman–Crippen LogP) is 3.12. The number of rotatable bonds is 6. The molecule has 1 aromatic carbocycles. The van der Waals surface area contributed by atoms with E-state index in [1.54, 1.807) is 23.0 Å². The molecule has 25 heavy (non-hydrogen) atoms. The van der Waals surface area contributed by atoms with E-state index in [0.29, 0.717) is 17.9 Å². The number of anilines is 1. The number of carboxylic acid groups (broad SMARTS) is 1. The third-order valence-electron chi connectivity index (χ3n) is 3.73. The van der Waals surface area contributed by atoms with Gasteiger partial charge in [-0.25, -0.2) is 4.79 Å². The van der Waals surface area contributed by atoms with Crippen molar-refractivity contribution in [3.8, 4) is 17.0 Å². The predicted molar refractivity (Wildman–Crippen MR) is 97.6 cm³/mol. The van der Waals surface area contributed by atoms with Crippen molar-refractivity contribution in [2.75, 3.05) is 12.3 Å². The number of carbonyl (C=O) groups is 1. The van der Waals surface area contributed by atoms with Crippen LogP contribution in [0.1, 0.15) is 27.2 Å². The van der Waals surface area contributed by atoms with Gasteiger partial charge in [0.1, 0.15) is 12.4 Å². The van der Waals surface area contributed by atoms with Crippen molar-refractivity contribution >= 4 is 11.8 Å². The van der Waals surface area contributed by atoms with Crippen molar-refractivity contribution in [2.45, 2.75) is 33.2 Å². The Hall–Kier alpha value is -2.70. The number of hydrogen-bond donors (Lipinski definition) is 3. The molecule has 1 atom stereocenters. The highest BCUT2D eigenvalue weighted by Gasteiger charge is 2.22. The Bertz CT molecular complexity index is 734. The van der Waals surface area contributed by atoms with Gasteiger partial charge in [0.2, 0.25) is 0 Å². The van der Waals surface area contributed by atoms with Crippen molar-refractivity contribution in [2.24, 2.45) is 12.5 Å². The van der Waals surface area contributed by atoms with Crippen molar-refractivity contribution in [3.63, 3.8) is 0 Å². The molecule has 1 heterocycles. The average molecular weight is 346 g/mol. The largest absolute Gasteiger partial charge is 0.491 e. The lowest BCUT2D eigenvalue weighted by Crippen LogP contribution is -2.40. The lowest BCUT2D eigenvalue weighted by molar-refractivity contribution is 0.169. The minimum absolute atomic E-state index is 0.0253. The smallest absolute Gasteiger partial charge is 0.404 e. The fraction of sp³-hybridized carbons (Fsp3) is 0.444. The van der Waals surface area contributed by atoms with E-state index in [-0.39, 0.29) is 18.1 Å². The number of ether oxygens (including phenoxy) is 1. The van der Waals surface area contributed by atoms with Crippen LogP contribution in [0, 0.1) is 5.41 Å². The second-order valence-corrected chi connectivity index (χ2v) is 7.32. The average Bonchev–Trinajstić information content (AvgIpc) is 2.89. The highest BCUT2D eigenvalue weighted by molar-refractivity contribution is 5.71. The van der Waals surface area contributed by atoms with Crippen molar-refractivity contribution < 1.29 is 14.6 Å².